The van der Waals surface area contributed by atoms with Gasteiger partial charge in [0.2, 0.25) is 11.8 Å². The number of rotatable bonds is 6. The molecule has 7 nitrogen and oxygen atoms in total. The van der Waals surface area contributed by atoms with E-state index < -0.39 is 17.9 Å². The summed E-state index contributed by atoms with van der Waals surface area (Å²) >= 11 is 0. The monoisotopic (exact) mass is 253 g/mol. The van der Waals surface area contributed by atoms with E-state index in [1.165, 1.54) is 13.3 Å². The molecule has 0 aliphatic heterocycles. The number of carboxylic acids is 1. The van der Waals surface area contributed by atoms with Crippen molar-refractivity contribution in [3.63, 3.8) is 0 Å². The summed E-state index contributed by atoms with van der Waals surface area (Å²) in [4.78, 5) is 25.9. The molecule has 0 spiro atoms. The van der Waals surface area contributed by atoms with E-state index >= 15 is 0 Å². The molecule has 1 aromatic rings. The predicted molar refractivity (Wildman–Crippen MR) is 64.3 cm³/mol. The summed E-state index contributed by atoms with van der Waals surface area (Å²) in [6.07, 6.45) is 1.43. The minimum Gasteiger partial charge on any atom is -0.481 e. The lowest BCUT2D eigenvalue weighted by Gasteiger charge is -2.11. The topological polar surface area (TPSA) is 115 Å². The third-order valence-corrected chi connectivity index (χ3v) is 2.22. The lowest BCUT2D eigenvalue weighted by molar-refractivity contribution is -0.137. The molecule has 1 amide bonds. The number of aliphatic carboxylic acids is 1. The van der Waals surface area contributed by atoms with E-state index in [4.69, 9.17) is 15.6 Å². The molecule has 1 aromatic heterocycles. The largest absolute Gasteiger partial charge is 0.481 e. The zero-order valence-electron chi connectivity index (χ0n) is 9.92. The maximum Gasteiger partial charge on any atom is 0.303 e. The first kappa shape index (κ1) is 13.9. The smallest absolute Gasteiger partial charge is 0.303 e. The highest BCUT2D eigenvalue weighted by atomic mass is 16.5. The Morgan fingerprint density at radius 1 is 1.61 bits per heavy atom. The summed E-state index contributed by atoms with van der Waals surface area (Å²) < 4.78 is 4.90. The quantitative estimate of drug-likeness (QED) is 0.668. The molecule has 98 valence electrons. The van der Waals surface area contributed by atoms with Crippen LogP contribution in [0.15, 0.2) is 18.3 Å². The fraction of sp³-hybridized carbons (Fsp3) is 0.364. The van der Waals surface area contributed by atoms with Crippen molar-refractivity contribution in [2.24, 2.45) is 5.73 Å². The van der Waals surface area contributed by atoms with Gasteiger partial charge in [-0.25, -0.2) is 4.98 Å². The molecule has 4 N–H and O–H groups in total. The molecule has 1 unspecified atom stereocenters. The third kappa shape index (κ3) is 4.38. The maximum absolute atomic E-state index is 11.6. The van der Waals surface area contributed by atoms with Crippen LogP contribution in [0.2, 0.25) is 0 Å². The van der Waals surface area contributed by atoms with E-state index in [1.54, 1.807) is 12.1 Å². The lowest BCUT2D eigenvalue weighted by Crippen LogP contribution is -2.36. The van der Waals surface area contributed by atoms with Crippen LogP contribution in [-0.2, 0) is 9.59 Å². The number of amides is 1. The van der Waals surface area contributed by atoms with Crippen molar-refractivity contribution >= 4 is 17.6 Å². The summed E-state index contributed by atoms with van der Waals surface area (Å²) in [6.45, 7) is 0. The van der Waals surface area contributed by atoms with E-state index in [2.05, 4.69) is 10.3 Å². The second kappa shape index (κ2) is 6.55. The Kier molecular flexibility index (Phi) is 5.06. The predicted octanol–water partition coefficient (Wildman–Crippen LogP) is 0.221. The second-order valence-electron chi connectivity index (χ2n) is 3.62. The molecular weight excluding hydrogens is 238 g/mol. The molecule has 1 heterocycles. The van der Waals surface area contributed by atoms with Crippen molar-refractivity contribution in [1.82, 2.24) is 4.98 Å². The van der Waals surface area contributed by atoms with Crippen LogP contribution >= 0.6 is 0 Å². The van der Waals surface area contributed by atoms with Gasteiger partial charge in [-0.05, 0) is 12.5 Å². The number of hydrogen-bond acceptors (Lipinski definition) is 5. The fourth-order valence-electron chi connectivity index (χ4n) is 1.24. The zero-order valence-corrected chi connectivity index (χ0v) is 9.92. The van der Waals surface area contributed by atoms with Crippen molar-refractivity contribution in [2.75, 3.05) is 12.4 Å². The van der Waals surface area contributed by atoms with Gasteiger partial charge in [0.25, 0.3) is 0 Å². The van der Waals surface area contributed by atoms with Gasteiger partial charge in [0.05, 0.1) is 13.2 Å². The first-order valence-corrected chi connectivity index (χ1v) is 5.31. The van der Waals surface area contributed by atoms with E-state index in [9.17, 15) is 9.59 Å². The molecule has 0 aliphatic rings. The summed E-state index contributed by atoms with van der Waals surface area (Å²) in [5, 5.41) is 11.1. The fourth-order valence-corrected chi connectivity index (χ4v) is 1.24. The molecule has 7 heteroatoms. The Morgan fingerprint density at radius 3 is 2.94 bits per heavy atom. The average molecular weight is 253 g/mol. The Morgan fingerprint density at radius 2 is 2.33 bits per heavy atom. The van der Waals surface area contributed by atoms with Gasteiger partial charge in [0.1, 0.15) is 0 Å². The van der Waals surface area contributed by atoms with Gasteiger partial charge in [-0.2, -0.15) is 0 Å². The first-order chi connectivity index (χ1) is 8.52. The second-order valence-corrected chi connectivity index (χ2v) is 3.62. The number of aromatic nitrogens is 1. The van der Waals surface area contributed by atoms with Gasteiger partial charge in [0, 0.05) is 24.4 Å². The Labute approximate surface area is 104 Å². The highest BCUT2D eigenvalue weighted by molar-refractivity contribution is 5.94. The van der Waals surface area contributed by atoms with Gasteiger partial charge in [-0.15, -0.1) is 0 Å². The van der Waals surface area contributed by atoms with Crippen LogP contribution in [0.3, 0.4) is 0 Å². The number of nitrogens with zero attached hydrogens (tertiary/aromatic N) is 1. The van der Waals surface area contributed by atoms with E-state index in [-0.39, 0.29) is 12.8 Å². The Bertz CT molecular complexity index is 436. The van der Waals surface area contributed by atoms with Gasteiger partial charge in [-0.3, -0.25) is 9.59 Å². The molecule has 0 aliphatic carbocycles. The lowest BCUT2D eigenvalue weighted by atomic mass is 10.1. The SMILES string of the molecule is COc1cc(NC(=O)C(N)CCC(=O)O)ccn1. The zero-order chi connectivity index (χ0) is 13.5. The molecule has 0 radical (unpaired) electrons. The summed E-state index contributed by atoms with van der Waals surface area (Å²) in [7, 11) is 1.46. The van der Waals surface area contributed by atoms with Crippen molar-refractivity contribution in [3.05, 3.63) is 18.3 Å². The molecule has 0 saturated carbocycles. The number of nitrogens with two attached hydrogens (primary N) is 1. The van der Waals surface area contributed by atoms with Gasteiger partial charge in [0.15, 0.2) is 0 Å². The molecular formula is C11H15N3O4. The molecule has 0 aromatic carbocycles. The minimum absolute atomic E-state index is 0.0867. The normalized spacial score (nSPS) is 11.7. The average Bonchev–Trinajstić information content (AvgIpc) is 2.36. The summed E-state index contributed by atoms with van der Waals surface area (Å²) in [5.74, 6) is -1.06. The van der Waals surface area contributed by atoms with Crippen LogP contribution in [0, 0.1) is 0 Å². The van der Waals surface area contributed by atoms with Crippen LogP contribution < -0.4 is 15.8 Å². The third-order valence-electron chi connectivity index (χ3n) is 2.22. The first-order valence-electron chi connectivity index (χ1n) is 5.31. The van der Waals surface area contributed by atoms with Crippen LogP contribution in [-0.4, -0.2) is 35.1 Å². The van der Waals surface area contributed by atoms with Crippen molar-refractivity contribution in [3.8, 4) is 5.88 Å². The van der Waals surface area contributed by atoms with Crippen molar-refractivity contribution in [2.45, 2.75) is 18.9 Å². The van der Waals surface area contributed by atoms with Crippen LogP contribution in [0.1, 0.15) is 12.8 Å². The highest BCUT2D eigenvalue weighted by Gasteiger charge is 2.15. The summed E-state index contributed by atoms with van der Waals surface area (Å²) in [6, 6.07) is 2.27. The maximum atomic E-state index is 11.6. The van der Waals surface area contributed by atoms with Gasteiger partial charge < -0.3 is 20.9 Å². The number of pyridine rings is 1. The summed E-state index contributed by atoms with van der Waals surface area (Å²) in [5.41, 5.74) is 6.06. The van der Waals surface area contributed by atoms with Crippen molar-refractivity contribution in [1.29, 1.82) is 0 Å². The van der Waals surface area contributed by atoms with E-state index in [0.29, 0.717) is 11.6 Å². The van der Waals surface area contributed by atoms with Crippen LogP contribution in [0.5, 0.6) is 5.88 Å². The number of carboxylic acid groups (broad SMARTS) is 1. The molecule has 0 fully saturated rings. The Hall–Kier alpha value is -2.15. The molecule has 18 heavy (non-hydrogen) atoms. The van der Waals surface area contributed by atoms with Crippen LogP contribution in [0.4, 0.5) is 5.69 Å². The highest BCUT2D eigenvalue weighted by Crippen LogP contribution is 2.13. The minimum atomic E-state index is -0.983. The molecule has 1 atom stereocenters. The van der Waals surface area contributed by atoms with E-state index in [1.807, 2.05) is 0 Å². The number of carbonyl (C=O) groups is 2. The van der Waals surface area contributed by atoms with E-state index in [0.717, 1.165) is 0 Å². The van der Waals surface area contributed by atoms with Gasteiger partial charge in [-0.1, -0.05) is 0 Å². The van der Waals surface area contributed by atoms with Crippen LogP contribution in [0.25, 0.3) is 0 Å². The number of nitrogens with one attached hydrogen (secondary N) is 1. The number of hydrogen-bond donors (Lipinski definition) is 3. The molecule has 0 bridgehead atoms. The standard InChI is InChI=1S/C11H15N3O4/c1-18-9-6-7(4-5-13-9)14-11(17)8(12)2-3-10(15)16/h4-6,8H,2-3,12H2,1H3,(H,15,16)(H,13,14,17). The van der Waals surface area contributed by atoms with Gasteiger partial charge >= 0.3 is 5.97 Å². The number of ether oxygens (including phenoxy) is 1. The molecule has 0 saturated heterocycles. The Balaban J connectivity index is 2.55. The van der Waals surface area contributed by atoms with Crippen molar-refractivity contribution < 1.29 is 19.4 Å². The number of carbonyl (C=O) groups excluding carboxylic acids is 1. The molecule has 1 rings (SSSR count). The number of methoxy groups -OCH3 is 1. The number of anilines is 1.